The van der Waals surface area contributed by atoms with E-state index in [1.165, 1.54) is 12.8 Å². The van der Waals surface area contributed by atoms with Crippen molar-refractivity contribution < 1.29 is 4.79 Å². The summed E-state index contributed by atoms with van der Waals surface area (Å²) < 4.78 is 0. The van der Waals surface area contributed by atoms with Crippen LogP contribution in [0.15, 0.2) is 0 Å². The topological polar surface area (TPSA) is 35.6 Å². The maximum atomic E-state index is 12.3. The summed E-state index contributed by atoms with van der Waals surface area (Å²) in [6.07, 6.45) is 3.42. The van der Waals surface area contributed by atoms with Gasteiger partial charge in [-0.25, -0.2) is 0 Å². The van der Waals surface area contributed by atoms with Crippen LogP contribution in [0.1, 0.15) is 33.1 Å². The van der Waals surface area contributed by atoms with Crippen molar-refractivity contribution in [3.63, 3.8) is 0 Å². The molecule has 0 saturated carbocycles. The van der Waals surface area contributed by atoms with Crippen molar-refractivity contribution in [1.29, 1.82) is 0 Å². The normalized spacial score (nSPS) is 27.5. The first-order chi connectivity index (χ1) is 8.18. The van der Waals surface area contributed by atoms with Crippen LogP contribution in [0.5, 0.6) is 0 Å². The van der Waals surface area contributed by atoms with Crippen molar-refractivity contribution in [2.24, 2.45) is 0 Å². The second-order valence-electron chi connectivity index (χ2n) is 5.46. The molecule has 0 aromatic carbocycles. The van der Waals surface area contributed by atoms with Gasteiger partial charge in [-0.3, -0.25) is 9.69 Å². The Morgan fingerprint density at radius 1 is 1.18 bits per heavy atom. The van der Waals surface area contributed by atoms with Gasteiger partial charge in [0.2, 0.25) is 5.91 Å². The molecule has 0 unspecified atom stereocenters. The van der Waals surface area contributed by atoms with Crippen LogP contribution in [0.25, 0.3) is 0 Å². The summed E-state index contributed by atoms with van der Waals surface area (Å²) in [5, 5.41) is 3.35. The molecule has 0 aromatic heterocycles. The highest BCUT2D eigenvalue weighted by Crippen LogP contribution is 2.12. The lowest BCUT2D eigenvalue weighted by Gasteiger charge is -2.38. The van der Waals surface area contributed by atoms with E-state index in [0.29, 0.717) is 11.9 Å². The Labute approximate surface area is 104 Å². The van der Waals surface area contributed by atoms with E-state index in [1.54, 1.807) is 0 Å². The molecule has 4 nitrogen and oxygen atoms in total. The first-order valence-electron chi connectivity index (χ1n) is 6.94. The van der Waals surface area contributed by atoms with E-state index < -0.39 is 0 Å². The standard InChI is InChI=1S/C13H25N3O/c1-11(2)15-7-9-16(10-8-15)13(17)12-5-3-4-6-14-12/h11-12,14H,3-10H2,1-2H3/t12-/m1/s1. The van der Waals surface area contributed by atoms with Crippen LogP contribution in [-0.4, -0.2) is 60.5 Å². The SMILES string of the molecule is CC(C)N1CCN(C(=O)[C@H]2CCCCN2)CC1. The van der Waals surface area contributed by atoms with Gasteiger partial charge in [0.1, 0.15) is 0 Å². The molecular formula is C13H25N3O. The number of rotatable bonds is 2. The molecule has 2 aliphatic heterocycles. The third-order valence-corrected chi connectivity index (χ3v) is 3.96. The summed E-state index contributed by atoms with van der Waals surface area (Å²) in [5.74, 6) is 0.327. The Bertz CT molecular complexity index is 253. The predicted molar refractivity (Wildman–Crippen MR) is 68.9 cm³/mol. The van der Waals surface area contributed by atoms with Crippen molar-refractivity contribution in [3.8, 4) is 0 Å². The van der Waals surface area contributed by atoms with Gasteiger partial charge in [0.05, 0.1) is 6.04 Å². The average molecular weight is 239 g/mol. The highest BCUT2D eigenvalue weighted by atomic mass is 16.2. The Kier molecular flexibility index (Phi) is 4.40. The van der Waals surface area contributed by atoms with Crippen LogP contribution in [0.3, 0.4) is 0 Å². The summed E-state index contributed by atoms with van der Waals surface area (Å²) >= 11 is 0. The second-order valence-corrected chi connectivity index (χ2v) is 5.46. The number of piperidine rings is 1. The molecule has 1 atom stereocenters. The van der Waals surface area contributed by atoms with E-state index in [2.05, 4.69) is 24.1 Å². The lowest BCUT2D eigenvalue weighted by Crippen LogP contribution is -2.55. The van der Waals surface area contributed by atoms with Gasteiger partial charge in [-0.05, 0) is 33.2 Å². The number of hydrogen-bond donors (Lipinski definition) is 1. The largest absolute Gasteiger partial charge is 0.339 e. The fourth-order valence-corrected chi connectivity index (χ4v) is 2.74. The number of hydrogen-bond acceptors (Lipinski definition) is 3. The van der Waals surface area contributed by atoms with E-state index in [9.17, 15) is 4.79 Å². The first-order valence-corrected chi connectivity index (χ1v) is 6.94. The number of nitrogens with one attached hydrogen (secondary N) is 1. The van der Waals surface area contributed by atoms with E-state index in [1.807, 2.05) is 4.90 Å². The highest BCUT2D eigenvalue weighted by molar-refractivity contribution is 5.82. The molecule has 0 bridgehead atoms. The van der Waals surface area contributed by atoms with E-state index in [0.717, 1.165) is 39.1 Å². The molecule has 1 amide bonds. The van der Waals surface area contributed by atoms with Gasteiger partial charge in [0.25, 0.3) is 0 Å². The Hall–Kier alpha value is -0.610. The van der Waals surface area contributed by atoms with Gasteiger partial charge in [-0.2, -0.15) is 0 Å². The second kappa shape index (κ2) is 5.83. The molecule has 2 fully saturated rings. The van der Waals surface area contributed by atoms with E-state index in [4.69, 9.17) is 0 Å². The zero-order valence-corrected chi connectivity index (χ0v) is 11.1. The van der Waals surface area contributed by atoms with Crippen molar-refractivity contribution in [2.45, 2.75) is 45.2 Å². The van der Waals surface area contributed by atoms with E-state index in [-0.39, 0.29) is 6.04 Å². The van der Waals surface area contributed by atoms with Gasteiger partial charge >= 0.3 is 0 Å². The number of piperazine rings is 1. The third kappa shape index (κ3) is 3.19. The van der Waals surface area contributed by atoms with Crippen LogP contribution in [-0.2, 0) is 4.79 Å². The minimum atomic E-state index is 0.0920. The van der Waals surface area contributed by atoms with Crippen molar-refractivity contribution in [2.75, 3.05) is 32.7 Å². The number of nitrogens with zero attached hydrogens (tertiary/aromatic N) is 2. The summed E-state index contributed by atoms with van der Waals surface area (Å²) in [6, 6.07) is 0.689. The van der Waals surface area contributed by atoms with Gasteiger partial charge < -0.3 is 10.2 Å². The fraction of sp³-hybridized carbons (Fsp3) is 0.923. The molecule has 0 aromatic rings. The zero-order valence-electron chi connectivity index (χ0n) is 11.1. The quantitative estimate of drug-likeness (QED) is 0.770. The van der Waals surface area contributed by atoms with Crippen molar-refractivity contribution in [3.05, 3.63) is 0 Å². The van der Waals surface area contributed by atoms with Crippen LogP contribution in [0.2, 0.25) is 0 Å². The molecule has 17 heavy (non-hydrogen) atoms. The average Bonchev–Trinajstić information content (AvgIpc) is 2.39. The predicted octanol–water partition coefficient (Wildman–Crippen LogP) is 0.681. The molecule has 0 aliphatic carbocycles. The minimum Gasteiger partial charge on any atom is -0.339 e. The summed E-state index contributed by atoms with van der Waals surface area (Å²) in [5.41, 5.74) is 0. The lowest BCUT2D eigenvalue weighted by molar-refractivity contribution is -0.136. The molecule has 1 N–H and O–H groups in total. The third-order valence-electron chi connectivity index (χ3n) is 3.96. The Morgan fingerprint density at radius 3 is 2.41 bits per heavy atom. The zero-order chi connectivity index (χ0) is 12.3. The Morgan fingerprint density at radius 2 is 1.88 bits per heavy atom. The monoisotopic (exact) mass is 239 g/mol. The fourth-order valence-electron chi connectivity index (χ4n) is 2.74. The number of amides is 1. The van der Waals surface area contributed by atoms with Crippen LogP contribution in [0.4, 0.5) is 0 Å². The number of carbonyl (C=O) groups is 1. The van der Waals surface area contributed by atoms with Crippen molar-refractivity contribution in [1.82, 2.24) is 15.1 Å². The molecule has 0 radical (unpaired) electrons. The molecule has 2 rings (SSSR count). The van der Waals surface area contributed by atoms with E-state index >= 15 is 0 Å². The smallest absolute Gasteiger partial charge is 0.239 e. The molecule has 0 spiro atoms. The lowest BCUT2D eigenvalue weighted by atomic mass is 10.0. The van der Waals surface area contributed by atoms with Crippen LogP contribution >= 0.6 is 0 Å². The summed E-state index contributed by atoms with van der Waals surface area (Å²) in [7, 11) is 0. The molecule has 4 heteroatoms. The molecular weight excluding hydrogens is 214 g/mol. The van der Waals surface area contributed by atoms with Crippen LogP contribution < -0.4 is 5.32 Å². The van der Waals surface area contributed by atoms with Gasteiger partial charge in [0.15, 0.2) is 0 Å². The highest BCUT2D eigenvalue weighted by Gasteiger charge is 2.28. The molecule has 2 heterocycles. The molecule has 98 valence electrons. The maximum absolute atomic E-state index is 12.3. The minimum absolute atomic E-state index is 0.0920. The van der Waals surface area contributed by atoms with Crippen LogP contribution in [0, 0.1) is 0 Å². The van der Waals surface area contributed by atoms with Crippen molar-refractivity contribution >= 4 is 5.91 Å². The number of carbonyl (C=O) groups excluding carboxylic acids is 1. The van der Waals surface area contributed by atoms with Gasteiger partial charge in [0, 0.05) is 32.2 Å². The summed E-state index contributed by atoms with van der Waals surface area (Å²) in [6.45, 7) is 9.29. The first kappa shape index (κ1) is 12.8. The van der Waals surface area contributed by atoms with Gasteiger partial charge in [-0.1, -0.05) is 6.42 Å². The molecule has 2 saturated heterocycles. The summed E-state index contributed by atoms with van der Waals surface area (Å²) in [4.78, 5) is 16.8. The maximum Gasteiger partial charge on any atom is 0.239 e. The molecule has 2 aliphatic rings. The van der Waals surface area contributed by atoms with Gasteiger partial charge in [-0.15, -0.1) is 0 Å². The Balaban J connectivity index is 1.81.